The van der Waals surface area contributed by atoms with Crippen molar-refractivity contribution in [2.75, 3.05) is 6.61 Å². The molecule has 4 nitrogen and oxygen atoms in total. The van der Waals surface area contributed by atoms with E-state index in [0.29, 0.717) is 10.6 Å². The molecule has 2 rings (SSSR count). The van der Waals surface area contributed by atoms with Gasteiger partial charge in [0.05, 0.1) is 10.6 Å². The Hall–Kier alpha value is -1.13. The lowest BCUT2D eigenvalue weighted by molar-refractivity contribution is 0.0899. The van der Waals surface area contributed by atoms with Gasteiger partial charge in [0.2, 0.25) is 0 Å². The van der Waals surface area contributed by atoms with E-state index in [1.807, 2.05) is 0 Å². The molecule has 0 spiro atoms. The largest absolute Gasteiger partial charge is 0.396 e. The molecular weight excluding hydrogens is 264 g/mol. The van der Waals surface area contributed by atoms with Crippen LogP contribution in [0.25, 0.3) is 0 Å². The number of rotatable bonds is 3. The summed E-state index contributed by atoms with van der Waals surface area (Å²) < 4.78 is 0. The van der Waals surface area contributed by atoms with Gasteiger partial charge in [-0.1, -0.05) is 30.9 Å². The molecule has 0 aliphatic heterocycles. The van der Waals surface area contributed by atoms with Gasteiger partial charge in [-0.2, -0.15) is 0 Å². The SMILES string of the molecule is O=C(N[C@H]1CCCCC[C@H]1CO)c1ccncc1Cl. The minimum absolute atomic E-state index is 0.0317. The van der Waals surface area contributed by atoms with Gasteiger partial charge in [0.15, 0.2) is 0 Å². The number of aromatic nitrogens is 1. The molecule has 1 heterocycles. The first kappa shape index (κ1) is 14.3. The molecule has 1 aromatic heterocycles. The van der Waals surface area contributed by atoms with Crippen molar-refractivity contribution < 1.29 is 9.90 Å². The number of amides is 1. The summed E-state index contributed by atoms with van der Waals surface area (Å²) in [7, 11) is 0. The van der Waals surface area contributed by atoms with Crippen molar-refractivity contribution in [1.29, 1.82) is 0 Å². The maximum Gasteiger partial charge on any atom is 0.253 e. The van der Waals surface area contributed by atoms with Crippen molar-refractivity contribution in [3.05, 3.63) is 29.0 Å². The zero-order chi connectivity index (χ0) is 13.7. The molecule has 0 aromatic carbocycles. The monoisotopic (exact) mass is 282 g/mol. The Balaban J connectivity index is 2.06. The van der Waals surface area contributed by atoms with Crippen molar-refractivity contribution >= 4 is 17.5 Å². The summed E-state index contributed by atoms with van der Waals surface area (Å²) in [6.45, 7) is 0.120. The molecule has 1 fully saturated rings. The first-order valence-corrected chi connectivity index (χ1v) is 7.11. The zero-order valence-corrected chi connectivity index (χ0v) is 11.6. The normalized spacial score (nSPS) is 23.7. The van der Waals surface area contributed by atoms with Gasteiger partial charge in [-0.3, -0.25) is 9.78 Å². The summed E-state index contributed by atoms with van der Waals surface area (Å²) >= 11 is 5.97. The van der Waals surface area contributed by atoms with Gasteiger partial charge in [-0.25, -0.2) is 0 Å². The highest BCUT2D eigenvalue weighted by Gasteiger charge is 2.25. The van der Waals surface area contributed by atoms with Crippen molar-refractivity contribution in [3.8, 4) is 0 Å². The second-order valence-electron chi connectivity index (χ2n) is 5.02. The lowest BCUT2D eigenvalue weighted by Gasteiger charge is -2.24. The standard InChI is InChI=1S/C14H19ClN2O2/c15-12-8-16-7-6-11(12)14(19)17-13-5-3-1-2-4-10(13)9-18/h6-8,10,13,18H,1-5,9H2,(H,17,19)/t10-,13-/m0/s1. The third kappa shape index (κ3) is 3.67. The van der Waals surface area contributed by atoms with Crippen LogP contribution in [0.3, 0.4) is 0 Å². The predicted octanol–water partition coefficient (Wildman–Crippen LogP) is 2.41. The first-order chi connectivity index (χ1) is 9.22. The molecular formula is C14H19ClN2O2. The second kappa shape index (κ2) is 6.87. The van der Waals surface area contributed by atoms with Gasteiger partial charge in [0.1, 0.15) is 0 Å². The van der Waals surface area contributed by atoms with Crippen molar-refractivity contribution in [1.82, 2.24) is 10.3 Å². The Morgan fingerprint density at radius 1 is 1.42 bits per heavy atom. The number of nitrogens with one attached hydrogen (secondary N) is 1. The van der Waals surface area contributed by atoms with E-state index in [-0.39, 0.29) is 24.5 Å². The summed E-state index contributed by atoms with van der Waals surface area (Å²) in [6, 6.07) is 1.65. The Morgan fingerprint density at radius 2 is 2.21 bits per heavy atom. The molecule has 104 valence electrons. The van der Waals surface area contributed by atoms with E-state index < -0.39 is 0 Å². The van der Waals surface area contributed by atoms with Crippen LogP contribution in [0.5, 0.6) is 0 Å². The maximum absolute atomic E-state index is 12.2. The fourth-order valence-corrected chi connectivity index (χ4v) is 2.80. The third-order valence-electron chi connectivity index (χ3n) is 3.73. The summed E-state index contributed by atoms with van der Waals surface area (Å²) in [4.78, 5) is 16.1. The average Bonchev–Trinajstić information content (AvgIpc) is 2.64. The summed E-state index contributed by atoms with van der Waals surface area (Å²) in [5.74, 6) is -0.0372. The minimum Gasteiger partial charge on any atom is -0.396 e. The number of carbonyl (C=O) groups excluding carboxylic acids is 1. The van der Waals surface area contributed by atoms with Gasteiger partial charge >= 0.3 is 0 Å². The predicted molar refractivity (Wildman–Crippen MR) is 74.2 cm³/mol. The number of aliphatic hydroxyl groups excluding tert-OH is 1. The topological polar surface area (TPSA) is 62.2 Å². The second-order valence-corrected chi connectivity index (χ2v) is 5.42. The lowest BCUT2D eigenvalue weighted by Crippen LogP contribution is -2.41. The molecule has 1 amide bonds. The van der Waals surface area contributed by atoms with Crippen LogP contribution in [0.4, 0.5) is 0 Å². The zero-order valence-electron chi connectivity index (χ0n) is 10.8. The van der Waals surface area contributed by atoms with Crippen LogP contribution in [0.15, 0.2) is 18.5 Å². The van der Waals surface area contributed by atoms with E-state index in [2.05, 4.69) is 10.3 Å². The van der Waals surface area contributed by atoms with Gasteiger partial charge in [-0.15, -0.1) is 0 Å². The summed E-state index contributed by atoms with van der Waals surface area (Å²) in [6.07, 6.45) is 8.27. The lowest BCUT2D eigenvalue weighted by atomic mass is 9.95. The molecule has 0 radical (unpaired) electrons. The highest BCUT2D eigenvalue weighted by Crippen LogP contribution is 2.24. The van der Waals surface area contributed by atoms with Gasteiger partial charge in [0, 0.05) is 31.0 Å². The number of pyridine rings is 1. The number of halogens is 1. The van der Waals surface area contributed by atoms with Crippen molar-refractivity contribution in [2.24, 2.45) is 5.92 Å². The molecule has 1 aliphatic carbocycles. The van der Waals surface area contributed by atoms with Crippen molar-refractivity contribution in [2.45, 2.75) is 38.1 Å². The molecule has 2 atom stereocenters. The van der Waals surface area contributed by atoms with Gasteiger partial charge in [0.25, 0.3) is 5.91 Å². The number of carbonyl (C=O) groups is 1. The molecule has 1 aliphatic rings. The van der Waals surface area contributed by atoms with Gasteiger partial charge < -0.3 is 10.4 Å². The molecule has 5 heteroatoms. The Morgan fingerprint density at radius 3 is 2.95 bits per heavy atom. The summed E-state index contributed by atoms with van der Waals surface area (Å²) in [5.41, 5.74) is 0.442. The van der Waals surface area contributed by atoms with Crippen molar-refractivity contribution in [3.63, 3.8) is 0 Å². The highest BCUT2D eigenvalue weighted by atomic mass is 35.5. The Kier molecular flexibility index (Phi) is 5.16. The molecule has 2 N–H and O–H groups in total. The van der Waals surface area contributed by atoms with E-state index >= 15 is 0 Å². The van der Waals surface area contributed by atoms with Crippen LogP contribution in [-0.2, 0) is 0 Å². The van der Waals surface area contributed by atoms with Crippen LogP contribution < -0.4 is 5.32 Å². The minimum atomic E-state index is -0.183. The molecule has 0 saturated heterocycles. The molecule has 1 aromatic rings. The quantitative estimate of drug-likeness (QED) is 0.837. The van der Waals surface area contributed by atoms with E-state index in [9.17, 15) is 9.90 Å². The van der Waals surface area contributed by atoms with Gasteiger partial charge in [-0.05, 0) is 18.9 Å². The van der Waals surface area contributed by atoms with Crippen LogP contribution in [0, 0.1) is 5.92 Å². The third-order valence-corrected chi connectivity index (χ3v) is 4.03. The Bertz CT molecular complexity index is 439. The van der Waals surface area contributed by atoms with Crippen LogP contribution in [-0.4, -0.2) is 28.6 Å². The van der Waals surface area contributed by atoms with E-state index in [1.54, 1.807) is 12.3 Å². The van der Waals surface area contributed by atoms with E-state index in [1.165, 1.54) is 12.6 Å². The Labute approximate surface area is 118 Å². The molecule has 0 bridgehead atoms. The number of hydrogen-bond donors (Lipinski definition) is 2. The first-order valence-electron chi connectivity index (χ1n) is 6.73. The van der Waals surface area contributed by atoms with Crippen LogP contribution in [0.1, 0.15) is 42.5 Å². The molecule has 1 saturated carbocycles. The highest BCUT2D eigenvalue weighted by molar-refractivity contribution is 6.33. The molecule has 0 unspecified atom stereocenters. The number of nitrogens with zero attached hydrogens (tertiary/aromatic N) is 1. The van der Waals surface area contributed by atoms with Crippen LogP contribution >= 0.6 is 11.6 Å². The smallest absolute Gasteiger partial charge is 0.253 e. The average molecular weight is 283 g/mol. The molecule has 19 heavy (non-hydrogen) atoms. The fraction of sp³-hybridized carbons (Fsp3) is 0.571. The van der Waals surface area contributed by atoms with E-state index in [0.717, 1.165) is 25.7 Å². The van der Waals surface area contributed by atoms with Crippen LogP contribution in [0.2, 0.25) is 5.02 Å². The summed E-state index contributed by atoms with van der Waals surface area (Å²) in [5, 5.41) is 12.8. The number of aliphatic hydroxyl groups is 1. The number of hydrogen-bond acceptors (Lipinski definition) is 3. The fourth-order valence-electron chi connectivity index (χ4n) is 2.60. The van der Waals surface area contributed by atoms with E-state index in [4.69, 9.17) is 11.6 Å². The maximum atomic E-state index is 12.2.